The van der Waals surface area contributed by atoms with Gasteiger partial charge in [0.2, 0.25) is 0 Å². The molecule has 1 aliphatic heterocycles. The van der Waals surface area contributed by atoms with Gasteiger partial charge in [-0.1, -0.05) is 70.4 Å². The molecule has 4 atom stereocenters. The number of hydrogen-bond acceptors (Lipinski definition) is 9. The van der Waals surface area contributed by atoms with Gasteiger partial charge in [-0.25, -0.2) is 4.98 Å². The fourth-order valence-electron chi connectivity index (χ4n) is 4.78. The summed E-state index contributed by atoms with van der Waals surface area (Å²) < 4.78 is 25.9. The maximum Gasteiger partial charge on any atom is 0.312 e. The Bertz CT molecular complexity index is 1050. The number of imidazole rings is 1. The topological polar surface area (TPSA) is 146 Å². The molecular weight excluding hydrogens is 505 g/mol. The number of nitrogens with two attached hydrogens (primary N) is 1. The third-order valence-corrected chi connectivity index (χ3v) is 7.08. The van der Waals surface area contributed by atoms with E-state index in [-0.39, 0.29) is 30.0 Å². The highest BCUT2D eigenvalue weighted by atomic mass is 19.1. The van der Waals surface area contributed by atoms with Crippen molar-refractivity contribution in [2.75, 3.05) is 12.3 Å². The number of nitrogens with zero attached hydrogens (tertiary/aromatic N) is 4. The molecule has 0 spiro atoms. The highest BCUT2D eigenvalue weighted by Crippen LogP contribution is 2.32. The number of aliphatic hydroxyl groups excluding tert-OH is 2. The fraction of sp³-hybridized carbons (Fsp3) is 0.714. The third-order valence-electron chi connectivity index (χ3n) is 7.08. The number of allylic oxidation sites excluding steroid dienone is 2. The van der Waals surface area contributed by atoms with Gasteiger partial charge in [0.15, 0.2) is 23.2 Å². The molecular formula is C28H44FN5O5. The summed E-state index contributed by atoms with van der Waals surface area (Å²) in [5.41, 5.74) is 5.85. The predicted octanol–water partition coefficient (Wildman–Crippen LogP) is 4.75. The van der Waals surface area contributed by atoms with Crippen molar-refractivity contribution in [2.45, 2.75) is 121 Å². The number of hydrogen-bond donors (Lipinski definition) is 3. The maximum absolute atomic E-state index is 13.6. The van der Waals surface area contributed by atoms with Crippen molar-refractivity contribution in [1.82, 2.24) is 19.5 Å². The summed E-state index contributed by atoms with van der Waals surface area (Å²) in [6.45, 7) is 2.03. The second kappa shape index (κ2) is 16.5. The molecule has 10 nitrogen and oxygen atoms in total. The molecule has 0 aliphatic carbocycles. The van der Waals surface area contributed by atoms with E-state index in [1.165, 1.54) is 68.7 Å². The van der Waals surface area contributed by atoms with E-state index in [4.69, 9.17) is 15.2 Å². The van der Waals surface area contributed by atoms with E-state index >= 15 is 0 Å². The van der Waals surface area contributed by atoms with Gasteiger partial charge in [0.05, 0.1) is 6.33 Å². The van der Waals surface area contributed by atoms with Crippen molar-refractivity contribution < 1.29 is 28.9 Å². The lowest BCUT2D eigenvalue weighted by molar-refractivity contribution is -0.150. The standard InChI is InChI=1S/C28H44FN5O5/c1-2-3-4-5-6-7-8-9-10-11-12-13-14-15-16-17-21(35)38-18-20-23(36)24(37)27(39-20)34-19-31-22-25(30)32-28(29)33-26(22)34/h12-13,19-20,23-24,27,36-37H,2-11,14-18H2,1H3,(H2,30,32,33)/b13-12-/t20-,23-,24+,27-/m1/s1. The Hall–Kier alpha value is -2.63. The van der Waals surface area contributed by atoms with Crippen molar-refractivity contribution in [3.63, 3.8) is 0 Å². The normalized spacial score (nSPS) is 21.3. The van der Waals surface area contributed by atoms with Crippen molar-refractivity contribution in [1.29, 1.82) is 0 Å². The van der Waals surface area contributed by atoms with E-state index in [0.29, 0.717) is 6.42 Å². The van der Waals surface area contributed by atoms with E-state index in [9.17, 15) is 19.4 Å². The Balaban J connectivity index is 1.26. The van der Waals surface area contributed by atoms with Gasteiger partial charge in [0.1, 0.15) is 24.9 Å². The van der Waals surface area contributed by atoms with Crippen LogP contribution in [0.3, 0.4) is 0 Å². The van der Waals surface area contributed by atoms with Gasteiger partial charge in [0, 0.05) is 6.42 Å². The molecule has 0 bridgehead atoms. The highest BCUT2D eigenvalue weighted by Gasteiger charge is 2.45. The fourth-order valence-corrected chi connectivity index (χ4v) is 4.78. The number of rotatable bonds is 18. The molecule has 1 fully saturated rings. The molecule has 0 saturated carbocycles. The maximum atomic E-state index is 13.6. The first-order valence-corrected chi connectivity index (χ1v) is 14.4. The Labute approximate surface area is 229 Å². The SMILES string of the molecule is CCCCCCCCCCC/C=C\CCCCC(=O)OC[C@H]1O[C@@H](n2cnc3c(N)nc(F)nc32)[C@@H](O)[C@@H]1O. The van der Waals surface area contributed by atoms with Gasteiger partial charge in [-0.05, 0) is 32.1 Å². The summed E-state index contributed by atoms with van der Waals surface area (Å²) in [4.78, 5) is 23.3. The lowest BCUT2D eigenvalue weighted by Gasteiger charge is -2.16. The van der Waals surface area contributed by atoms with Gasteiger partial charge < -0.3 is 25.4 Å². The monoisotopic (exact) mass is 549 g/mol. The summed E-state index contributed by atoms with van der Waals surface area (Å²) in [6, 6.07) is 0. The quantitative estimate of drug-likeness (QED) is 0.104. The number of ether oxygens (including phenoxy) is 2. The summed E-state index contributed by atoms with van der Waals surface area (Å²) in [7, 11) is 0. The highest BCUT2D eigenvalue weighted by molar-refractivity contribution is 5.81. The van der Waals surface area contributed by atoms with Crippen LogP contribution in [0.15, 0.2) is 18.5 Å². The van der Waals surface area contributed by atoms with Crippen LogP contribution in [0.4, 0.5) is 10.2 Å². The number of unbranched alkanes of at least 4 members (excludes halogenated alkanes) is 11. The Morgan fingerprint density at radius 3 is 2.36 bits per heavy atom. The number of carbonyl (C=O) groups is 1. The molecule has 218 valence electrons. The minimum absolute atomic E-state index is 0.0242. The zero-order valence-corrected chi connectivity index (χ0v) is 23.0. The minimum atomic E-state index is -1.37. The largest absolute Gasteiger partial charge is 0.463 e. The lowest BCUT2D eigenvalue weighted by atomic mass is 10.1. The molecule has 3 rings (SSSR count). The molecule has 0 amide bonds. The van der Waals surface area contributed by atoms with Crippen LogP contribution in [-0.4, -0.2) is 60.6 Å². The van der Waals surface area contributed by atoms with E-state index in [1.54, 1.807) is 0 Å². The van der Waals surface area contributed by atoms with Crippen LogP contribution in [0.25, 0.3) is 11.2 Å². The van der Waals surface area contributed by atoms with E-state index in [0.717, 1.165) is 19.3 Å². The first-order chi connectivity index (χ1) is 18.9. The number of nitrogen functional groups attached to an aromatic ring is 1. The van der Waals surface area contributed by atoms with Crippen LogP contribution in [0, 0.1) is 6.08 Å². The molecule has 2 aromatic heterocycles. The van der Waals surface area contributed by atoms with Crippen molar-refractivity contribution in [3.05, 3.63) is 24.6 Å². The van der Waals surface area contributed by atoms with Crippen LogP contribution in [0.5, 0.6) is 0 Å². The summed E-state index contributed by atoms with van der Waals surface area (Å²) in [6.07, 6.45) is 15.8. The van der Waals surface area contributed by atoms with Gasteiger partial charge in [-0.2, -0.15) is 14.4 Å². The van der Waals surface area contributed by atoms with Crippen molar-refractivity contribution in [2.24, 2.45) is 0 Å². The first kappa shape index (κ1) is 30.9. The second-order valence-electron chi connectivity index (χ2n) is 10.3. The summed E-state index contributed by atoms with van der Waals surface area (Å²) in [5, 5.41) is 20.9. The molecule has 3 heterocycles. The van der Waals surface area contributed by atoms with E-state index < -0.39 is 36.6 Å². The number of anilines is 1. The number of fused-ring (bicyclic) bond motifs is 1. The average molecular weight is 550 g/mol. The molecule has 0 aromatic carbocycles. The van der Waals surface area contributed by atoms with E-state index in [2.05, 4.69) is 34.0 Å². The molecule has 1 aliphatic rings. The number of halogens is 1. The second-order valence-corrected chi connectivity index (χ2v) is 10.3. The zero-order chi connectivity index (χ0) is 28.0. The van der Waals surface area contributed by atoms with Crippen LogP contribution >= 0.6 is 0 Å². The smallest absolute Gasteiger partial charge is 0.312 e. The number of carbonyl (C=O) groups excluding carboxylic acids is 1. The predicted molar refractivity (Wildman–Crippen MR) is 146 cm³/mol. The lowest BCUT2D eigenvalue weighted by Crippen LogP contribution is -2.34. The van der Waals surface area contributed by atoms with Gasteiger partial charge >= 0.3 is 12.0 Å². The minimum Gasteiger partial charge on any atom is -0.463 e. The molecule has 4 N–H and O–H groups in total. The summed E-state index contributed by atoms with van der Waals surface area (Å²) >= 11 is 0. The molecule has 0 radical (unpaired) electrons. The molecule has 1 saturated heterocycles. The first-order valence-electron chi connectivity index (χ1n) is 14.4. The van der Waals surface area contributed by atoms with Crippen LogP contribution in [0.2, 0.25) is 0 Å². The van der Waals surface area contributed by atoms with Crippen LogP contribution in [-0.2, 0) is 14.3 Å². The van der Waals surface area contributed by atoms with Crippen molar-refractivity contribution in [3.8, 4) is 0 Å². The number of esters is 1. The van der Waals surface area contributed by atoms with Crippen LogP contribution in [0.1, 0.15) is 103 Å². The van der Waals surface area contributed by atoms with Gasteiger partial charge in [0.25, 0.3) is 0 Å². The summed E-state index contributed by atoms with van der Waals surface area (Å²) in [5.74, 6) is -0.540. The van der Waals surface area contributed by atoms with Gasteiger partial charge in [-0.15, -0.1) is 0 Å². The van der Waals surface area contributed by atoms with Crippen molar-refractivity contribution >= 4 is 23.0 Å². The number of aliphatic hydroxyl groups is 2. The average Bonchev–Trinajstić information content (AvgIpc) is 3.45. The Kier molecular flexibility index (Phi) is 13.1. The van der Waals surface area contributed by atoms with Crippen LogP contribution < -0.4 is 5.73 Å². The van der Waals surface area contributed by atoms with E-state index in [1.807, 2.05) is 0 Å². The zero-order valence-electron chi connectivity index (χ0n) is 23.0. The Morgan fingerprint density at radius 2 is 1.67 bits per heavy atom. The molecule has 11 heteroatoms. The molecule has 2 aromatic rings. The molecule has 0 unspecified atom stereocenters. The Morgan fingerprint density at radius 1 is 1.03 bits per heavy atom. The third kappa shape index (κ3) is 9.51. The van der Waals surface area contributed by atoms with Gasteiger partial charge in [-0.3, -0.25) is 9.36 Å². The number of aromatic nitrogens is 4. The molecule has 39 heavy (non-hydrogen) atoms.